The highest BCUT2D eigenvalue weighted by atomic mass is 15.2. The normalized spacial score (nSPS) is 31.2. The van der Waals surface area contributed by atoms with Crippen LogP contribution in [0.3, 0.4) is 0 Å². The van der Waals surface area contributed by atoms with Crippen LogP contribution in [0.15, 0.2) is 0 Å². The van der Waals surface area contributed by atoms with E-state index in [4.69, 9.17) is 5.73 Å². The number of hydrogen-bond acceptors (Lipinski definition) is 3. The first-order valence-corrected chi connectivity index (χ1v) is 7.51. The Bertz CT molecular complexity index is 206. The molecule has 0 radical (unpaired) electrons. The van der Waals surface area contributed by atoms with Gasteiger partial charge in [-0.15, -0.1) is 0 Å². The summed E-state index contributed by atoms with van der Waals surface area (Å²) in [4.78, 5) is 5.31. The second-order valence-electron chi connectivity index (χ2n) is 5.75. The van der Waals surface area contributed by atoms with Gasteiger partial charge in [0.15, 0.2) is 0 Å². The van der Waals surface area contributed by atoms with Crippen molar-refractivity contribution in [3.05, 3.63) is 0 Å². The average molecular weight is 239 g/mol. The van der Waals surface area contributed by atoms with Gasteiger partial charge in [-0.25, -0.2) is 0 Å². The molecule has 0 spiro atoms. The van der Waals surface area contributed by atoms with Crippen LogP contribution >= 0.6 is 0 Å². The molecule has 0 unspecified atom stereocenters. The number of likely N-dealkylation sites (N-methyl/N-ethyl adjacent to an activating group) is 1. The first-order chi connectivity index (χ1) is 8.29. The molecule has 17 heavy (non-hydrogen) atoms. The molecule has 2 fully saturated rings. The van der Waals surface area contributed by atoms with E-state index in [0.29, 0.717) is 6.04 Å². The summed E-state index contributed by atoms with van der Waals surface area (Å²) in [6, 6.07) is 1.28. The Labute approximate surface area is 106 Å². The number of nitrogens with zero attached hydrogens (tertiary/aromatic N) is 2. The summed E-state index contributed by atoms with van der Waals surface area (Å²) in [5.41, 5.74) is 5.99. The topological polar surface area (TPSA) is 32.5 Å². The van der Waals surface area contributed by atoms with Crippen molar-refractivity contribution >= 4 is 0 Å². The molecule has 2 N–H and O–H groups in total. The molecule has 0 aromatic heterocycles. The third-order valence-corrected chi connectivity index (χ3v) is 4.57. The molecule has 0 bridgehead atoms. The van der Waals surface area contributed by atoms with Crippen molar-refractivity contribution < 1.29 is 0 Å². The molecule has 0 atom stereocenters. The first kappa shape index (κ1) is 13.3. The van der Waals surface area contributed by atoms with Gasteiger partial charge in [0, 0.05) is 25.2 Å². The smallest absolute Gasteiger partial charge is 0.0112 e. The summed E-state index contributed by atoms with van der Waals surface area (Å²) in [6.07, 6.45) is 7.90. The van der Waals surface area contributed by atoms with Crippen molar-refractivity contribution in [2.45, 2.75) is 57.5 Å². The molecule has 3 nitrogen and oxygen atoms in total. The first-order valence-electron chi connectivity index (χ1n) is 7.51. The van der Waals surface area contributed by atoms with E-state index in [1.54, 1.807) is 0 Å². The lowest BCUT2D eigenvalue weighted by Crippen LogP contribution is -2.43. The molecule has 1 saturated carbocycles. The molecule has 1 aliphatic heterocycles. The molecule has 2 rings (SSSR count). The number of likely N-dealkylation sites (tertiary alicyclic amines) is 1. The van der Waals surface area contributed by atoms with Crippen molar-refractivity contribution in [3.63, 3.8) is 0 Å². The summed E-state index contributed by atoms with van der Waals surface area (Å²) in [6.45, 7) is 8.69. The number of nitrogens with two attached hydrogens (primary N) is 1. The van der Waals surface area contributed by atoms with Gasteiger partial charge < -0.3 is 10.6 Å². The van der Waals surface area contributed by atoms with Gasteiger partial charge in [-0.05, 0) is 58.2 Å². The quantitative estimate of drug-likeness (QED) is 0.792. The van der Waals surface area contributed by atoms with E-state index in [1.807, 2.05) is 0 Å². The predicted molar refractivity (Wildman–Crippen MR) is 73.2 cm³/mol. The Morgan fingerprint density at radius 3 is 2.35 bits per heavy atom. The van der Waals surface area contributed by atoms with E-state index >= 15 is 0 Å². The SMILES string of the molecule is CCN(CCN1CCCC1)C1CCC(N)CC1. The molecule has 0 aromatic rings. The van der Waals surface area contributed by atoms with Gasteiger partial charge >= 0.3 is 0 Å². The minimum atomic E-state index is 0.475. The molecule has 2 aliphatic rings. The maximum absolute atomic E-state index is 5.99. The Morgan fingerprint density at radius 2 is 1.76 bits per heavy atom. The average Bonchev–Trinajstić information content (AvgIpc) is 2.85. The van der Waals surface area contributed by atoms with E-state index in [0.717, 1.165) is 6.04 Å². The highest BCUT2D eigenvalue weighted by molar-refractivity contribution is 4.81. The van der Waals surface area contributed by atoms with Crippen molar-refractivity contribution in [2.24, 2.45) is 5.73 Å². The molecule has 100 valence electrons. The van der Waals surface area contributed by atoms with Crippen LogP contribution in [-0.4, -0.2) is 54.6 Å². The van der Waals surface area contributed by atoms with E-state index in [-0.39, 0.29) is 0 Å². The second-order valence-corrected chi connectivity index (χ2v) is 5.75. The van der Waals surface area contributed by atoms with Gasteiger partial charge in [0.05, 0.1) is 0 Å². The highest BCUT2D eigenvalue weighted by Gasteiger charge is 2.23. The molecular formula is C14H29N3. The molecule has 1 aliphatic carbocycles. The molecule has 0 aromatic carbocycles. The lowest BCUT2D eigenvalue weighted by molar-refractivity contribution is 0.140. The third-order valence-electron chi connectivity index (χ3n) is 4.57. The van der Waals surface area contributed by atoms with Crippen LogP contribution in [0.25, 0.3) is 0 Å². The molecular weight excluding hydrogens is 210 g/mol. The Kier molecular flexibility index (Phi) is 5.26. The number of rotatable bonds is 5. The molecule has 1 saturated heterocycles. The standard InChI is InChI=1S/C14H29N3/c1-2-17(12-11-16-9-3-4-10-16)14-7-5-13(15)6-8-14/h13-14H,2-12,15H2,1H3. The zero-order valence-electron chi connectivity index (χ0n) is 11.4. The van der Waals surface area contributed by atoms with Gasteiger partial charge in [0.25, 0.3) is 0 Å². The monoisotopic (exact) mass is 239 g/mol. The molecule has 1 heterocycles. The van der Waals surface area contributed by atoms with Crippen LogP contribution in [0.2, 0.25) is 0 Å². The van der Waals surface area contributed by atoms with E-state index < -0.39 is 0 Å². The van der Waals surface area contributed by atoms with Gasteiger partial charge in [-0.3, -0.25) is 4.90 Å². The minimum Gasteiger partial charge on any atom is -0.328 e. The summed E-state index contributed by atoms with van der Waals surface area (Å²) >= 11 is 0. The van der Waals surface area contributed by atoms with Gasteiger partial charge in [-0.1, -0.05) is 6.92 Å². The lowest BCUT2D eigenvalue weighted by atomic mass is 9.91. The van der Waals surface area contributed by atoms with Gasteiger partial charge in [-0.2, -0.15) is 0 Å². The van der Waals surface area contributed by atoms with Crippen LogP contribution in [0.5, 0.6) is 0 Å². The summed E-state index contributed by atoms with van der Waals surface area (Å²) in [7, 11) is 0. The van der Waals surface area contributed by atoms with Crippen molar-refractivity contribution in [2.75, 3.05) is 32.7 Å². The fourth-order valence-corrected chi connectivity index (χ4v) is 3.34. The minimum absolute atomic E-state index is 0.475. The van der Waals surface area contributed by atoms with Crippen molar-refractivity contribution in [3.8, 4) is 0 Å². The van der Waals surface area contributed by atoms with E-state index in [2.05, 4.69) is 16.7 Å². The van der Waals surface area contributed by atoms with Gasteiger partial charge in [0.1, 0.15) is 0 Å². The van der Waals surface area contributed by atoms with Crippen LogP contribution in [0, 0.1) is 0 Å². The number of hydrogen-bond donors (Lipinski definition) is 1. The Balaban J connectivity index is 1.71. The molecule has 0 amide bonds. The van der Waals surface area contributed by atoms with Crippen LogP contribution in [0.4, 0.5) is 0 Å². The zero-order chi connectivity index (χ0) is 12.1. The second kappa shape index (κ2) is 6.72. The van der Waals surface area contributed by atoms with Gasteiger partial charge in [0.2, 0.25) is 0 Å². The maximum atomic E-state index is 5.99. The third kappa shape index (κ3) is 3.94. The van der Waals surface area contributed by atoms with E-state index in [9.17, 15) is 0 Å². The van der Waals surface area contributed by atoms with Crippen LogP contribution in [-0.2, 0) is 0 Å². The summed E-state index contributed by atoms with van der Waals surface area (Å²) in [5, 5.41) is 0. The largest absolute Gasteiger partial charge is 0.328 e. The highest BCUT2D eigenvalue weighted by Crippen LogP contribution is 2.22. The predicted octanol–water partition coefficient (Wildman–Crippen LogP) is 1.67. The Hall–Kier alpha value is -0.120. The van der Waals surface area contributed by atoms with Crippen molar-refractivity contribution in [1.82, 2.24) is 9.80 Å². The van der Waals surface area contributed by atoms with Crippen LogP contribution in [0.1, 0.15) is 45.4 Å². The summed E-state index contributed by atoms with van der Waals surface area (Å²) < 4.78 is 0. The summed E-state index contributed by atoms with van der Waals surface area (Å²) in [5.74, 6) is 0. The van der Waals surface area contributed by atoms with Crippen LogP contribution < -0.4 is 5.73 Å². The fraction of sp³-hybridized carbons (Fsp3) is 1.00. The fourth-order valence-electron chi connectivity index (χ4n) is 3.34. The zero-order valence-corrected chi connectivity index (χ0v) is 11.4. The lowest BCUT2D eigenvalue weighted by Gasteiger charge is -2.36. The van der Waals surface area contributed by atoms with Crippen molar-refractivity contribution in [1.29, 1.82) is 0 Å². The van der Waals surface area contributed by atoms with E-state index in [1.165, 1.54) is 71.2 Å². The maximum Gasteiger partial charge on any atom is 0.0112 e. The Morgan fingerprint density at radius 1 is 1.12 bits per heavy atom. The molecule has 3 heteroatoms.